The van der Waals surface area contributed by atoms with Crippen molar-refractivity contribution in [3.05, 3.63) is 36.0 Å². The fourth-order valence-electron chi connectivity index (χ4n) is 4.62. The highest BCUT2D eigenvalue weighted by Gasteiger charge is 2.49. The molecule has 4 N–H and O–H groups in total. The van der Waals surface area contributed by atoms with Crippen molar-refractivity contribution in [3.63, 3.8) is 0 Å². The monoisotopic (exact) mass is 518 g/mol. The lowest BCUT2D eigenvalue weighted by molar-refractivity contribution is 0.0985. The Kier molecular flexibility index (Phi) is 8.06. The van der Waals surface area contributed by atoms with E-state index in [1.165, 1.54) is 6.26 Å². The van der Waals surface area contributed by atoms with Gasteiger partial charge in [-0.05, 0) is 64.5 Å². The summed E-state index contributed by atoms with van der Waals surface area (Å²) in [7, 11) is 1.04. The molecule has 1 saturated carbocycles. The molecule has 2 heterocycles. The van der Waals surface area contributed by atoms with Crippen LogP contribution in [0.5, 0.6) is 0 Å². The third kappa shape index (κ3) is 5.76. The average molecular weight is 519 g/mol. The number of ether oxygens (including phenoxy) is 1. The van der Waals surface area contributed by atoms with E-state index < -0.39 is 15.3 Å². The smallest absolute Gasteiger partial charge is 0.319 e. The fraction of sp³-hybridized carbons (Fsp3) is 0.560. The summed E-state index contributed by atoms with van der Waals surface area (Å²) in [6, 6.07) is 9.20. The number of hydrogen-bond donors (Lipinski definition) is 4. The third-order valence-corrected chi connectivity index (χ3v) is 9.09. The first-order valence-electron chi connectivity index (χ1n) is 12.4. The Morgan fingerprint density at radius 3 is 2.56 bits per heavy atom. The molecule has 0 bridgehead atoms. The first-order valence-corrected chi connectivity index (χ1v) is 14.3. The van der Waals surface area contributed by atoms with Crippen molar-refractivity contribution in [1.29, 1.82) is 0 Å². The van der Waals surface area contributed by atoms with Crippen LogP contribution >= 0.6 is 10.6 Å². The maximum atomic E-state index is 12.2. The highest BCUT2D eigenvalue weighted by molar-refractivity contribution is 8.24. The van der Waals surface area contributed by atoms with Crippen LogP contribution in [0.4, 0.5) is 16.3 Å². The van der Waals surface area contributed by atoms with Crippen molar-refractivity contribution in [2.45, 2.75) is 37.0 Å². The number of aromatic nitrogens is 2. The van der Waals surface area contributed by atoms with Gasteiger partial charge in [-0.3, -0.25) is 9.11 Å². The molecule has 1 aliphatic carbocycles. The predicted molar refractivity (Wildman–Crippen MR) is 145 cm³/mol. The van der Waals surface area contributed by atoms with E-state index in [0.717, 1.165) is 24.3 Å². The minimum Gasteiger partial charge on any atom is -0.377 e. The van der Waals surface area contributed by atoms with Crippen molar-refractivity contribution in [3.8, 4) is 11.4 Å². The van der Waals surface area contributed by atoms with E-state index in [-0.39, 0.29) is 12.1 Å². The molecule has 1 aromatic carbocycles. The van der Waals surface area contributed by atoms with E-state index in [1.807, 2.05) is 49.3 Å². The SMILES string of the molecule is C[C@H]1COCCN1c1cc(C2(S(C)(O)O)CCC2)nc(-c2ccc(NC(=O)NCCN(C)C)cc2)n1. The number of morpholine rings is 1. The quantitative estimate of drug-likeness (QED) is 0.416. The van der Waals surface area contributed by atoms with Gasteiger partial charge < -0.3 is 25.2 Å². The zero-order chi connectivity index (χ0) is 25.9. The molecule has 11 heteroatoms. The van der Waals surface area contributed by atoms with Crippen LogP contribution in [-0.4, -0.2) is 89.2 Å². The lowest BCUT2D eigenvalue weighted by atomic mass is 9.81. The van der Waals surface area contributed by atoms with E-state index in [4.69, 9.17) is 14.7 Å². The number of carbonyl (C=O) groups excluding carboxylic acids is 1. The van der Waals surface area contributed by atoms with Crippen LogP contribution in [0.2, 0.25) is 0 Å². The van der Waals surface area contributed by atoms with Crippen LogP contribution < -0.4 is 15.5 Å². The molecule has 0 spiro atoms. The summed E-state index contributed by atoms with van der Waals surface area (Å²) < 4.78 is 26.4. The highest BCUT2D eigenvalue weighted by Crippen LogP contribution is 2.65. The van der Waals surface area contributed by atoms with Gasteiger partial charge in [-0.15, -0.1) is 0 Å². The van der Waals surface area contributed by atoms with Crippen molar-refractivity contribution in [1.82, 2.24) is 20.2 Å². The molecule has 1 aliphatic heterocycles. The summed E-state index contributed by atoms with van der Waals surface area (Å²) in [6.07, 6.45) is 3.83. The van der Waals surface area contributed by atoms with E-state index in [1.54, 1.807) is 0 Å². The lowest BCUT2D eigenvalue weighted by Gasteiger charge is -2.53. The molecule has 1 atom stereocenters. The maximum Gasteiger partial charge on any atom is 0.319 e. The fourth-order valence-corrected chi connectivity index (χ4v) is 6.18. The second-order valence-electron chi connectivity index (χ2n) is 10.00. The number of likely N-dealkylation sites (N-methyl/N-ethyl adjacent to an activating group) is 1. The molecule has 2 fully saturated rings. The maximum absolute atomic E-state index is 12.2. The van der Waals surface area contributed by atoms with Crippen molar-refractivity contribution in [2.75, 3.05) is 63.4 Å². The van der Waals surface area contributed by atoms with Crippen LogP contribution in [0, 0.1) is 0 Å². The second kappa shape index (κ2) is 10.9. The molecule has 4 rings (SSSR count). The van der Waals surface area contributed by atoms with Crippen molar-refractivity contribution < 1.29 is 18.6 Å². The molecule has 10 nitrogen and oxygen atoms in total. The Labute approximate surface area is 214 Å². The first kappa shape index (κ1) is 26.6. The molecule has 1 saturated heterocycles. The molecule has 2 aliphatic rings. The lowest BCUT2D eigenvalue weighted by Crippen LogP contribution is -2.45. The van der Waals surface area contributed by atoms with Gasteiger partial charge in [-0.25, -0.2) is 14.8 Å². The van der Waals surface area contributed by atoms with Crippen molar-refractivity contribution in [2.24, 2.45) is 0 Å². The van der Waals surface area contributed by atoms with Gasteiger partial charge in [0.05, 0.1) is 24.9 Å². The van der Waals surface area contributed by atoms with Crippen molar-refractivity contribution >= 4 is 28.1 Å². The zero-order valence-corrected chi connectivity index (χ0v) is 22.3. The molecule has 2 aromatic rings. The first-order chi connectivity index (χ1) is 17.1. The number of anilines is 2. The Morgan fingerprint density at radius 2 is 1.97 bits per heavy atom. The van der Waals surface area contributed by atoms with Gasteiger partial charge in [0, 0.05) is 43.2 Å². The third-order valence-electron chi connectivity index (χ3n) is 6.99. The number of nitrogens with one attached hydrogen (secondary N) is 2. The Morgan fingerprint density at radius 1 is 1.25 bits per heavy atom. The summed E-state index contributed by atoms with van der Waals surface area (Å²) in [6.45, 7) is 5.34. The van der Waals surface area contributed by atoms with Crippen LogP contribution in [0.15, 0.2) is 30.3 Å². The predicted octanol–water partition coefficient (Wildman–Crippen LogP) is 3.81. The molecule has 36 heavy (non-hydrogen) atoms. The Balaban J connectivity index is 1.62. The topological polar surface area (TPSA) is 123 Å². The number of benzene rings is 1. The van der Waals surface area contributed by atoms with E-state index in [2.05, 4.69) is 22.5 Å². The van der Waals surface area contributed by atoms with Gasteiger partial charge in [0.1, 0.15) is 10.6 Å². The summed E-state index contributed by atoms with van der Waals surface area (Å²) in [4.78, 5) is 26.1. The molecule has 0 unspecified atom stereocenters. The Hall–Kier alpha value is -2.44. The molecule has 0 radical (unpaired) electrons. The van der Waals surface area contributed by atoms with Gasteiger partial charge in [0.2, 0.25) is 0 Å². The summed E-state index contributed by atoms with van der Waals surface area (Å²) >= 11 is 0. The Bertz CT molecular complexity index is 1060. The largest absolute Gasteiger partial charge is 0.377 e. The van der Waals surface area contributed by atoms with E-state index in [9.17, 15) is 13.9 Å². The molecule has 1 aromatic heterocycles. The number of carbonyl (C=O) groups is 1. The van der Waals surface area contributed by atoms with Crippen LogP contribution in [-0.2, 0) is 9.48 Å². The number of urea groups is 1. The van der Waals surface area contributed by atoms with Crippen LogP contribution in [0.1, 0.15) is 31.9 Å². The molecule has 2 amide bonds. The summed E-state index contributed by atoms with van der Waals surface area (Å²) in [5, 5.41) is 5.67. The number of hydrogen-bond acceptors (Lipinski definition) is 8. The summed E-state index contributed by atoms with van der Waals surface area (Å²) in [5.74, 6) is 1.29. The highest BCUT2D eigenvalue weighted by atomic mass is 32.3. The zero-order valence-electron chi connectivity index (χ0n) is 21.5. The normalized spacial score (nSPS) is 20.1. The number of rotatable bonds is 8. The molecular weight excluding hydrogens is 480 g/mol. The average Bonchev–Trinajstić information content (AvgIpc) is 2.77. The molecule has 198 valence electrons. The van der Waals surface area contributed by atoms with Gasteiger partial charge in [0.15, 0.2) is 5.82 Å². The minimum atomic E-state index is -2.87. The number of nitrogens with zero attached hydrogens (tertiary/aromatic N) is 4. The van der Waals surface area contributed by atoms with Crippen LogP contribution in [0.3, 0.4) is 0 Å². The summed E-state index contributed by atoms with van der Waals surface area (Å²) in [5.41, 5.74) is 2.13. The minimum absolute atomic E-state index is 0.145. The second-order valence-corrected chi connectivity index (χ2v) is 12.4. The van der Waals surface area contributed by atoms with Crippen LogP contribution in [0.25, 0.3) is 11.4 Å². The van der Waals surface area contributed by atoms with Gasteiger partial charge >= 0.3 is 6.03 Å². The van der Waals surface area contributed by atoms with E-state index in [0.29, 0.717) is 56.4 Å². The van der Waals surface area contributed by atoms with E-state index >= 15 is 0 Å². The van der Waals surface area contributed by atoms with Gasteiger partial charge in [-0.2, -0.15) is 10.6 Å². The van der Waals surface area contributed by atoms with Gasteiger partial charge in [0.25, 0.3) is 0 Å². The standard InChI is InChI=1S/C25H38N6O4S/c1-18-17-35-15-14-31(18)22-16-21(25(10-5-11-25)36(4,33)34)28-23(29-22)19-6-8-20(9-7-19)27-24(32)26-12-13-30(2)3/h6-9,16,18,33-34H,5,10-15,17H2,1-4H3,(H2,26,27,32)/t18-/m0/s1. The number of amides is 2. The van der Waals surface area contributed by atoms with Gasteiger partial charge in [-0.1, -0.05) is 0 Å². The molecular formula is C25H38N6O4S.